The summed E-state index contributed by atoms with van der Waals surface area (Å²) in [4.78, 5) is 25.9. The van der Waals surface area contributed by atoms with Crippen molar-refractivity contribution in [3.8, 4) is 5.75 Å². The fraction of sp³-hybridized carbons (Fsp3) is 0.263. The van der Waals surface area contributed by atoms with E-state index in [1.165, 1.54) is 11.8 Å². The quantitative estimate of drug-likeness (QED) is 0.877. The molecule has 1 atom stereocenters. The Hall–Kier alpha value is -2.82. The number of benzene rings is 2. The Labute approximate surface area is 141 Å². The van der Waals surface area contributed by atoms with E-state index < -0.39 is 6.10 Å². The SMILES string of the molecule is CC(=O)CN1C(=O)C(Cc2ccccc2C)Oc2ccc(N)cc21. The van der Waals surface area contributed by atoms with Crippen LogP contribution in [0.25, 0.3) is 0 Å². The van der Waals surface area contributed by atoms with E-state index in [-0.39, 0.29) is 18.2 Å². The Bertz CT molecular complexity index is 801. The van der Waals surface area contributed by atoms with Gasteiger partial charge >= 0.3 is 0 Å². The van der Waals surface area contributed by atoms with Gasteiger partial charge in [-0.1, -0.05) is 24.3 Å². The highest BCUT2D eigenvalue weighted by Gasteiger charge is 2.35. The molecule has 0 radical (unpaired) electrons. The average molecular weight is 324 g/mol. The van der Waals surface area contributed by atoms with Crippen molar-refractivity contribution in [3.63, 3.8) is 0 Å². The maximum atomic E-state index is 12.9. The van der Waals surface area contributed by atoms with Crippen molar-refractivity contribution in [1.82, 2.24) is 0 Å². The summed E-state index contributed by atoms with van der Waals surface area (Å²) in [6, 6.07) is 13.0. The van der Waals surface area contributed by atoms with E-state index in [1.54, 1.807) is 18.2 Å². The predicted octanol–water partition coefficient (Wildman–Crippen LogP) is 2.50. The molecule has 1 aliphatic rings. The highest BCUT2D eigenvalue weighted by Crippen LogP contribution is 2.36. The Kier molecular flexibility index (Phi) is 4.25. The molecular weight excluding hydrogens is 304 g/mol. The van der Waals surface area contributed by atoms with Gasteiger partial charge in [0, 0.05) is 12.1 Å². The van der Waals surface area contributed by atoms with Crippen LogP contribution in [-0.2, 0) is 16.0 Å². The van der Waals surface area contributed by atoms with Crippen LogP contribution in [0.2, 0.25) is 0 Å². The first-order valence-corrected chi connectivity index (χ1v) is 7.87. The molecule has 3 rings (SSSR count). The van der Waals surface area contributed by atoms with E-state index in [0.717, 1.165) is 11.1 Å². The van der Waals surface area contributed by atoms with Gasteiger partial charge in [-0.25, -0.2) is 0 Å². The van der Waals surface area contributed by atoms with Crippen LogP contribution in [0.4, 0.5) is 11.4 Å². The molecule has 2 aromatic carbocycles. The van der Waals surface area contributed by atoms with Crippen LogP contribution < -0.4 is 15.4 Å². The molecule has 1 heterocycles. The lowest BCUT2D eigenvalue weighted by Crippen LogP contribution is -2.48. The summed E-state index contributed by atoms with van der Waals surface area (Å²) in [7, 11) is 0. The molecule has 0 aliphatic carbocycles. The van der Waals surface area contributed by atoms with Crippen LogP contribution in [0.1, 0.15) is 18.1 Å². The Morgan fingerprint density at radius 2 is 2.00 bits per heavy atom. The molecule has 1 unspecified atom stereocenters. The minimum absolute atomic E-state index is 0.0168. The third kappa shape index (κ3) is 3.11. The second kappa shape index (κ2) is 6.35. The summed E-state index contributed by atoms with van der Waals surface area (Å²) in [5, 5.41) is 0. The molecular formula is C19H20N2O3. The van der Waals surface area contributed by atoms with Gasteiger partial charge in [-0.15, -0.1) is 0 Å². The molecule has 0 saturated heterocycles. The standard InChI is InChI=1S/C19H20N2O3/c1-12-5-3-4-6-14(12)9-18-19(23)21(11-13(2)22)16-10-15(20)7-8-17(16)24-18/h3-8,10,18H,9,11,20H2,1-2H3. The number of nitrogens with two attached hydrogens (primary N) is 1. The van der Waals surface area contributed by atoms with E-state index in [0.29, 0.717) is 23.5 Å². The number of ketones is 1. The second-order valence-corrected chi connectivity index (χ2v) is 6.09. The summed E-state index contributed by atoms with van der Waals surface area (Å²) >= 11 is 0. The number of carbonyl (C=O) groups excluding carboxylic acids is 2. The molecule has 0 aromatic heterocycles. The number of hydrogen-bond donors (Lipinski definition) is 1. The van der Waals surface area contributed by atoms with E-state index in [9.17, 15) is 9.59 Å². The molecule has 24 heavy (non-hydrogen) atoms. The van der Waals surface area contributed by atoms with Crippen LogP contribution in [0.3, 0.4) is 0 Å². The fourth-order valence-corrected chi connectivity index (χ4v) is 2.89. The lowest BCUT2D eigenvalue weighted by atomic mass is 10.0. The van der Waals surface area contributed by atoms with Crippen LogP contribution in [0.5, 0.6) is 5.75 Å². The van der Waals surface area contributed by atoms with Crippen LogP contribution in [-0.4, -0.2) is 24.3 Å². The van der Waals surface area contributed by atoms with Gasteiger partial charge in [-0.2, -0.15) is 0 Å². The zero-order chi connectivity index (χ0) is 17.3. The molecule has 1 amide bonds. The van der Waals surface area contributed by atoms with Crippen molar-refractivity contribution in [3.05, 3.63) is 53.6 Å². The van der Waals surface area contributed by atoms with E-state index in [4.69, 9.17) is 10.5 Å². The lowest BCUT2D eigenvalue weighted by Gasteiger charge is -2.34. The molecule has 0 bridgehead atoms. The number of nitrogen functional groups attached to an aromatic ring is 1. The van der Waals surface area contributed by atoms with Crippen molar-refractivity contribution in [2.75, 3.05) is 17.2 Å². The minimum Gasteiger partial charge on any atom is -0.478 e. The number of ether oxygens (including phenoxy) is 1. The highest BCUT2D eigenvalue weighted by atomic mass is 16.5. The van der Waals surface area contributed by atoms with Gasteiger partial charge in [0.1, 0.15) is 11.5 Å². The van der Waals surface area contributed by atoms with Crippen molar-refractivity contribution < 1.29 is 14.3 Å². The monoisotopic (exact) mass is 324 g/mol. The largest absolute Gasteiger partial charge is 0.478 e. The van der Waals surface area contributed by atoms with E-state index in [2.05, 4.69) is 0 Å². The van der Waals surface area contributed by atoms with Gasteiger partial charge in [-0.05, 0) is 43.2 Å². The Morgan fingerprint density at radius 3 is 2.71 bits per heavy atom. The van der Waals surface area contributed by atoms with Crippen molar-refractivity contribution in [1.29, 1.82) is 0 Å². The molecule has 124 valence electrons. The molecule has 2 N–H and O–H groups in total. The second-order valence-electron chi connectivity index (χ2n) is 6.09. The number of nitrogens with zero attached hydrogens (tertiary/aromatic N) is 1. The van der Waals surface area contributed by atoms with Crippen molar-refractivity contribution in [2.24, 2.45) is 0 Å². The summed E-state index contributed by atoms with van der Waals surface area (Å²) in [5.74, 6) is 0.267. The van der Waals surface area contributed by atoms with Crippen LogP contribution >= 0.6 is 0 Å². The normalized spacial score (nSPS) is 16.5. The van der Waals surface area contributed by atoms with Gasteiger partial charge in [-0.3, -0.25) is 14.5 Å². The van der Waals surface area contributed by atoms with Crippen LogP contribution in [0, 0.1) is 6.92 Å². The summed E-state index contributed by atoms with van der Waals surface area (Å²) < 4.78 is 5.91. The molecule has 5 heteroatoms. The zero-order valence-corrected chi connectivity index (χ0v) is 13.8. The summed E-state index contributed by atoms with van der Waals surface area (Å²) in [6.45, 7) is 3.48. The van der Waals surface area contributed by atoms with E-state index in [1.807, 2.05) is 31.2 Å². The topological polar surface area (TPSA) is 72.6 Å². The maximum Gasteiger partial charge on any atom is 0.268 e. The first-order chi connectivity index (χ1) is 11.5. The minimum atomic E-state index is -0.651. The lowest BCUT2D eigenvalue weighted by molar-refractivity contribution is -0.128. The zero-order valence-electron chi connectivity index (χ0n) is 13.8. The number of amides is 1. The molecule has 1 aliphatic heterocycles. The number of fused-ring (bicyclic) bond motifs is 1. The Balaban J connectivity index is 1.95. The number of hydrogen-bond acceptors (Lipinski definition) is 4. The number of anilines is 2. The van der Waals surface area contributed by atoms with Gasteiger partial charge in [0.05, 0.1) is 12.2 Å². The molecule has 2 aromatic rings. The number of Topliss-reactive ketones (excluding diaryl/α,β-unsaturated/α-hetero) is 1. The average Bonchev–Trinajstić information content (AvgIpc) is 2.53. The molecule has 0 spiro atoms. The first kappa shape index (κ1) is 16.1. The number of carbonyl (C=O) groups is 2. The first-order valence-electron chi connectivity index (χ1n) is 7.87. The third-order valence-electron chi connectivity index (χ3n) is 4.13. The summed E-state index contributed by atoms with van der Waals surface area (Å²) in [6.07, 6.45) is -0.189. The maximum absolute atomic E-state index is 12.9. The Morgan fingerprint density at radius 1 is 1.25 bits per heavy atom. The number of aryl methyl sites for hydroxylation is 1. The molecule has 5 nitrogen and oxygen atoms in total. The fourth-order valence-electron chi connectivity index (χ4n) is 2.89. The summed E-state index contributed by atoms with van der Waals surface area (Å²) in [5.41, 5.74) is 9.06. The van der Waals surface area contributed by atoms with Crippen LogP contribution in [0.15, 0.2) is 42.5 Å². The predicted molar refractivity (Wildman–Crippen MR) is 93.2 cm³/mol. The van der Waals surface area contributed by atoms with Crippen molar-refractivity contribution in [2.45, 2.75) is 26.4 Å². The van der Waals surface area contributed by atoms with Gasteiger partial charge in [0.25, 0.3) is 5.91 Å². The highest BCUT2D eigenvalue weighted by molar-refractivity contribution is 6.04. The van der Waals surface area contributed by atoms with Crippen molar-refractivity contribution >= 4 is 23.1 Å². The van der Waals surface area contributed by atoms with Gasteiger partial charge in [0.15, 0.2) is 6.10 Å². The number of rotatable bonds is 4. The third-order valence-corrected chi connectivity index (χ3v) is 4.13. The van der Waals surface area contributed by atoms with Gasteiger partial charge in [0.2, 0.25) is 0 Å². The smallest absolute Gasteiger partial charge is 0.268 e. The van der Waals surface area contributed by atoms with E-state index >= 15 is 0 Å². The molecule has 0 fully saturated rings. The molecule has 0 saturated carbocycles. The van der Waals surface area contributed by atoms with Gasteiger partial charge < -0.3 is 10.5 Å².